The first-order valence-electron chi connectivity index (χ1n) is 4.04. The fourth-order valence-electron chi connectivity index (χ4n) is 1.17. The summed E-state index contributed by atoms with van der Waals surface area (Å²) < 4.78 is 1.95. The van der Waals surface area contributed by atoms with Gasteiger partial charge in [0.2, 0.25) is 0 Å². The topological polar surface area (TPSA) is 29.9 Å². The van der Waals surface area contributed by atoms with Gasteiger partial charge in [0.25, 0.3) is 0 Å². The van der Waals surface area contributed by atoms with Crippen molar-refractivity contribution in [3.8, 4) is 0 Å². The number of imidazole rings is 1. The van der Waals surface area contributed by atoms with E-state index in [2.05, 4.69) is 16.9 Å². The van der Waals surface area contributed by atoms with E-state index in [-0.39, 0.29) is 0 Å². The minimum absolute atomic E-state index is 0.295. The summed E-state index contributed by atoms with van der Waals surface area (Å²) in [5.74, 6) is 0. The molecule has 0 aliphatic carbocycles. The summed E-state index contributed by atoms with van der Waals surface area (Å²) in [7, 11) is 3.90. The van der Waals surface area contributed by atoms with Gasteiger partial charge >= 0.3 is 0 Å². The van der Waals surface area contributed by atoms with Gasteiger partial charge in [0.1, 0.15) is 0 Å². The molecule has 0 spiro atoms. The lowest BCUT2D eigenvalue weighted by Gasteiger charge is -2.09. The molecule has 0 radical (unpaired) electrons. The normalized spacial score (nSPS) is 12.8. The van der Waals surface area contributed by atoms with E-state index in [1.165, 1.54) is 0 Å². The van der Waals surface area contributed by atoms with E-state index in [0.29, 0.717) is 6.04 Å². The Morgan fingerprint density at radius 1 is 1.83 bits per heavy atom. The Morgan fingerprint density at radius 3 is 3.00 bits per heavy atom. The van der Waals surface area contributed by atoms with Crippen molar-refractivity contribution in [3.63, 3.8) is 0 Å². The zero-order chi connectivity index (χ0) is 8.97. The minimum Gasteiger partial charge on any atom is -0.340 e. The average molecular weight is 165 g/mol. The third-order valence-corrected chi connectivity index (χ3v) is 1.83. The highest BCUT2D eigenvalue weighted by Gasteiger charge is 2.08. The van der Waals surface area contributed by atoms with Gasteiger partial charge in [-0.25, -0.2) is 4.98 Å². The summed E-state index contributed by atoms with van der Waals surface area (Å²) in [5.41, 5.74) is 1.07. The van der Waals surface area contributed by atoms with Crippen molar-refractivity contribution in [1.82, 2.24) is 14.9 Å². The Hall–Kier alpha value is -1.09. The van der Waals surface area contributed by atoms with Gasteiger partial charge in [0.15, 0.2) is 0 Å². The molecule has 1 atom stereocenters. The molecule has 12 heavy (non-hydrogen) atoms. The molecule has 1 heterocycles. The summed E-state index contributed by atoms with van der Waals surface area (Å²) in [6.45, 7) is 3.71. The standard InChI is InChI=1S/C9H15N3/c1-4-5-8(10-2)9-6-12(3)7-11-9/h4,6-8,10H,1,5H2,2-3H3. The smallest absolute Gasteiger partial charge is 0.0947 e. The maximum Gasteiger partial charge on any atom is 0.0947 e. The molecule has 0 saturated carbocycles. The zero-order valence-electron chi connectivity index (χ0n) is 7.62. The molecular weight excluding hydrogens is 150 g/mol. The molecule has 1 unspecified atom stereocenters. The molecule has 0 aliphatic heterocycles. The van der Waals surface area contributed by atoms with E-state index in [4.69, 9.17) is 0 Å². The molecule has 0 aromatic carbocycles. The highest BCUT2D eigenvalue weighted by atomic mass is 15.0. The monoisotopic (exact) mass is 165 g/mol. The van der Waals surface area contributed by atoms with Crippen LogP contribution in [0.2, 0.25) is 0 Å². The van der Waals surface area contributed by atoms with Crippen LogP contribution in [0.1, 0.15) is 18.2 Å². The maximum absolute atomic E-state index is 4.26. The third kappa shape index (κ3) is 1.95. The molecule has 0 bridgehead atoms. The molecule has 1 N–H and O–H groups in total. The van der Waals surface area contributed by atoms with Crippen molar-refractivity contribution >= 4 is 0 Å². The molecule has 0 amide bonds. The van der Waals surface area contributed by atoms with Crippen LogP contribution in [0.3, 0.4) is 0 Å². The van der Waals surface area contributed by atoms with Crippen molar-refractivity contribution in [2.75, 3.05) is 7.05 Å². The molecule has 1 rings (SSSR count). The van der Waals surface area contributed by atoms with Gasteiger partial charge in [-0.2, -0.15) is 0 Å². The first kappa shape index (κ1) is 9.00. The molecule has 66 valence electrons. The van der Waals surface area contributed by atoms with E-state index < -0.39 is 0 Å². The van der Waals surface area contributed by atoms with Crippen LogP contribution >= 0.6 is 0 Å². The van der Waals surface area contributed by atoms with Crippen molar-refractivity contribution < 1.29 is 0 Å². The summed E-state index contributed by atoms with van der Waals surface area (Å²) in [4.78, 5) is 4.26. The Labute approximate surface area is 73.1 Å². The minimum atomic E-state index is 0.295. The predicted octanol–water partition coefficient (Wildman–Crippen LogP) is 1.26. The third-order valence-electron chi connectivity index (χ3n) is 1.83. The summed E-state index contributed by atoms with van der Waals surface area (Å²) >= 11 is 0. The fraction of sp³-hybridized carbons (Fsp3) is 0.444. The van der Waals surface area contributed by atoms with Crippen LogP contribution in [0.15, 0.2) is 25.2 Å². The summed E-state index contributed by atoms with van der Waals surface area (Å²) in [5, 5.41) is 3.19. The maximum atomic E-state index is 4.26. The lowest BCUT2D eigenvalue weighted by atomic mass is 10.1. The highest BCUT2D eigenvalue weighted by molar-refractivity contribution is 5.04. The van der Waals surface area contributed by atoms with Crippen molar-refractivity contribution in [2.45, 2.75) is 12.5 Å². The quantitative estimate of drug-likeness (QED) is 0.681. The molecule has 0 saturated heterocycles. The van der Waals surface area contributed by atoms with Crippen LogP contribution in [0.25, 0.3) is 0 Å². The Balaban J connectivity index is 2.72. The molecule has 0 fully saturated rings. The van der Waals surface area contributed by atoms with Gasteiger partial charge in [-0.3, -0.25) is 0 Å². The van der Waals surface area contributed by atoms with Crippen LogP contribution < -0.4 is 5.32 Å². The molecule has 3 nitrogen and oxygen atoms in total. The Morgan fingerprint density at radius 2 is 2.58 bits per heavy atom. The molecule has 0 aliphatic rings. The molecule has 1 aromatic heterocycles. The first-order chi connectivity index (χ1) is 5.77. The lowest BCUT2D eigenvalue weighted by Crippen LogP contribution is -2.15. The largest absolute Gasteiger partial charge is 0.340 e. The van der Waals surface area contributed by atoms with Crippen LogP contribution in [0, 0.1) is 0 Å². The second kappa shape index (κ2) is 4.07. The van der Waals surface area contributed by atoms with Crippen molar-refractivity contribution in [3.05, 3.63) is 30.9 Å². The number of aromatic nitrogens is 2. The number of aryl methyl sites for hydroxylation is 1. The Kier molecular flexibility index (Phi) is 3.05. The van der Waals surface area contributed by atoms with E-state index in [1.807, 2.05) is 37.3 Å². The predicted molar refractivity (Wildman–Crippen MR) is 49.8 cm³/mol. The van der Waals surface area contributed by atoms with Crippen LogP contribution in [-0.2, 0) is 7.05 Å². The second-order valence-corrected chi connectivity index (χ2v) is 2.83. The van der Waals surface area contributed by atoms with Crippen LogP contribution in [-0.4, -0.2) is 16.6 Å². The molecule has 3 heteroatoms. The van der Waals surface area contributed by atoms with Gasteiger partial charge in [0, 0.05) is 13.2 Å². The Bertz CT molecular complexity index is 252. The van der Waals surface area contributed by atoms with Crippen molar-refractivity contribution in [2.24, 2.45) is 7.05 Å². The van der Waals surface area contributed by atoms with Gasteiger partial charge < -0.3 is 9.88 Å². The molecular formula is C9H15N3. The zero-order valence-corrected chi connectivity index (χ0v) is 7.62. The highest BCUT2D eigenvalue weighted by Crippen LogP contribution is 2.13. The number of hydrogen-bond donors (Lipinski definition) is 1. The SMILES string of the molecule is C=CCC(NC)c1cn(C)cn1. The summed E-state index contributed by atoms with van der Waals surface area (Å²) in [6.07, 6.45) is 6.64. The first-order valence-corrected chi connectivity index (χ1v) is 4.04. The van der Waals surface area contributed by atoms with Crippen LogP contribution in [0.5, 0.6) is 0 Å². The van der Waals surface area contributed by atoms with E-state index >= 15 is 0 Å². The van der Waals surface area contributed by atoms with E-state index in [0.717, 1.165) is 12.1 Å². The van der Waals surface area contributed by atoms with Crippen LogP contribution in [0.4, 0.5) is 0 Å². The summed E-state index contributed by atoms with van der Waals surface area (Å²) in [6, 6.07) is 0.295. The number of nitrogens with one attached hydrogen (secondary N) is 1. The molecule has 1 aromatic rings. The fourth-order valence-corrected chi connectivity index (χ4v) is 1.17. The van der Waals surface area contributed by atoms with Gasteiger partial charge in [-0.05, 0) is 13.5 Å². The van der Waals surface area contributed by atoms with Gasteiger partial charge in [-0.1, -0.05) is 6.08 Å². The number of nitrogens with zero attached hydrogens (tertiary/aromatic N) is 2. The lowest BCUT2D eigenvalue weighted by molar-refractivity contribution is 0.589. The van der Waals surface area contributed by atoms with E-state index in [9.17, 15) is 0 Å². The van der Waals surface area contributed by atoms with Gasteiger partial charge in [-0.15, -0.1) is 6.58 Å². The average Bonchev–Trinajstić information content (AvgIpc) is 2.47. The van der Waals surface area contributed by atoms with Gasteiger partial charge in [0.05, 0.1) is 18.1 Å². The van der Waals surface area contributed by atoms with Crippen molar-refractivity contribution in [1.29, 1.82) is 0 Å². The number of hydrogen-bond acceptors (Lipinski definition) is 2. The van der Waals surface area contributed by atoms with E-state index in [1.54, 1.807) is 0 Å². The second-order valence-electron chi connectivity index (χ2n) is 2.83. The number of rotatable bonds is 4.